The van der Waals surface area contributed by atoms with Crippen LogP contribution in [0.5, 0.6) is 5.75 Å². The number of ketones is 1. The summed E-state index contributed by atoms with van der Waals surface area (Å²) in [4.78, 5) is 25.9. The van der Waals surface area contributed by atoms with Crippen LogP contribution >= 0.6 is 0 Å². The third-order valence-corrected chi connectivity index (χ3v) is 7.92. The second kappa shape index (κ2) is 9.33. The maximum atomic E-state index is 12.7. The van der Waals surface area contributed by atoms with Gasteiger partial charge in [-0.15, -0.1) is 0 Å². The number of rotatable bonds is 6. The van der Waals surface area contributed by atoms with E-state index in [-0.39, 0.29) is 23.5 Å². The van der Waals surface area contributed by atoms with Crippen molar-refractivity contribution in [2.24, 2.45) is 0 Å². The maximum absolute atomic E-state index is 12.7. The molecule has 0 fully saturated rings. The standard InChI is InChI=1S/C28H32N2O5S/c1-28(2,3)25-15-21(30-12-11-22(31)16-26(30)32)14-24(27(25)35-5)19-9-10-23-18(13-19)7-8-20(23)17-29(4)36(6,33)34/h8-15H,7,16-17H2,1-6H3. The smallest absolute Gasteiger partial charge is 0.238 e. The Labute approximate surface area is 213 Å². The van der Waals surface area contributed by atoms with Crippen LogP contribution in [-0.2, 0) is 31.4 Å². The molecular formula is C28H32N2O5S. The average molecular weight is 509 g/mol. The summed E-state index contributed by atoms with van der Waals surface area (Å²) >= 11 is 0. The number of hydrogen-bond acceptors (Lipinski definition) is 5. The highest BCUT2D eigenvalue weighted by molar-refractivity contribution is 7.88. The van der Waals surface area contributed by atoms with E-state index in [2.05, 4.69) is 32.9 Å². The van der Waals surface area contributed by atoms with Crippen LogP contribution in [0.15, 0.2) is 48.7 Å². The molecule has 1 aliphatic heterocycles. The van der Waals surface area contributed by atoms with E-state index in [1.807, 2.05) is 24.3 Å². The third-order valence-electron chi connectivity index (χ3n) is 6.66. The number of ether oxygens (including phenoxy) is 1. The molecule has 2 aliphatic rings. The number of likely N-dealkylation sites (N-methyl/N-ethyl adjacent to an activating group) is 1. The van der Waals surface area contributed by atoms with Crippen molar-refractivity contribution < 1.29 is 22.7 Å². The lowest BCUT2D eigenvalue weighted by Gasteiger charge is -2.28. The van der Waals surface area contributed by atoms with Gasteiger partial charge in [-0.2, -0.15) is 0 Å². The molecule has 2 aromatic carbocycles. The number of fused-ring (bicyclic) bond motifs is 1. The summed E-state index contributed by atoms with van der Waals surface area (Å²) in [6, 6.07) is 10.0. The van der Waals surface area contributed by atoms with Crippen LogP contribution in [0.1, 0.15) is 43.9 Å². The van der Waals surface area contributed by atoms with Crippen LogP contribution in [0.2, 0.25) is 0 Å². The van der Waals surface area contributed by atoms with Crippen molar-refractivity contribution in [1.29, 1.82) is 0 Å². The molecule has 1 amide bonds. The molecule has 8 heteroatoms. The van der Waals surface area contributed by atoms with Gasteiger partial charge < -0.3 is 4.74 Å². The number of nitrogens with zero attached hydrogens (tertiary/aromatic N) is 2. The molecule has 36 heavy (non-hydrogen) atoms. The molecule has 0 atom stereocenters. The molecule has 0 saturated heterocycles. The van der Waals surface area contributed by atoms with Crippen LogP contribution in [0.4, 0.5) is 5.69 Å². The first kappa shape index (κ1) is 25.9. The first-order valence-electron chi connectivity index (χ1n) is 11.8. The molecule has 4 rings (SSSR count). The Bertz CT molecular complexity index is 1410. The number of benzene rings is 2. The highest BCUT2D eigenvalue weighted by Gasteiger charge is 2.28. The van der Waals surface area contributed by atoms with Crippen LogP contribution in [0, 0.1) is 0 Å². The van der Waals surface area contributed by atoms with Crippen molar-refractivity contribution in [2.45, 2.75) is 39.0 Å². The summed E-state index contributed by atoms with van der Waals surface area (Å²) in [5.74, 6) is 0.263. The van der Waals surface area contributed by atoms with E-state index in [4.69, 9.17) is 4.74 Å². The van der Waals surface area contributed by atoms with Crippen molar-refractivity contribution in [3.63, 3.8) is 0 Å². The Morgan fingerprint density at radius 3 is 2.42 bits per heavy atom. The van der Waals surface area contributed by atoms with E-state index < -0.39 is 10.0 Å². The number of methoxy groups -OCH3 is 1. The molecule has 7 nitrogen and oxygen atoms in total. The SMILES string of the molecule is COc1c(-c2ccc3c(c2)CC=C3CN(C)S(C)(=O)=O)cc(N2C=CC(=O)CC2=O)cc1C(C)(C)C. The quantitative estimate of drug-likeness (QED) is 0.543. The molecule has 0 spiro atoms. The minimum atomic E-state index is -3.28. The topological polar surface area (TPSA) is 84.0 Å². The Morgan fingerprint density at radius 1 is 1.08 bits per heavy atom. The fourth-order valence-corrected chi connectivity index (χ4v) is 4.98. The molecule has 1 aliphatic carbocycles. The van der Waals surface area contributed by atoms with Gasteiger partial charge in [0.2, 0.25) is 15.9 Å². The molecule has 0 saturated carbocycles. The first-order chi connectivity index (χ1) is 16.8. The molecular weight excluding hydrogens is 476 g/mol. The lowest BCUT2D eigenvalue weighted by atomic mass is 9.83. The largest absolute Gasteiger partial charge is 0.496 e. The predicted molar refractivity (Wildman–Crippen MR) is 143 cm³/mol. The average Bonchev–Trinajstić information content (AvgIpc) is 3.19. The van der Waals surface area contributed by atoms with Crippen LogP contribution in [0.3, 0.4) is 0 Å². The van der Waals surface area contributed by atoms with Gasteiger partial charge in [0.05, 0.1) is 19.8 Å². The number of carbonyl (C=O) groups is 2. The zero-order chi connectivity index (χ0) is 26.4. The van der Waals surface area contributed by atoms with Gasteiger partial charge in [0.1, 0.15) is 5.75 Å². The van der Waals surface area contributed by atoms with E-state index >= 15 is 0 Å². The second-order valence-corrected chi connectivity index (χ2v) is 12.5. The van der Waals surface area contributed by atoms with Gasteiger partial charge in [-0.3, -0.25) is 14.5 Å². The van der Waals surface area contributed by atoms with Crippen molar-refractivity contribution >= 4 is 33.0 Å². The van der Waals surface area contributed by atoms with Gasteiger partial charge in [-0.25, -0.2) is 12.7 Å². The zero-order valence-electron chi connectivity index (χ0n) is 21.6. The molecule has 0 aromatic heterocycles. The number of amides is 1. The zero-order valence-corrected chi connectivity index (χ0v) is 22.4. The molecule has 2 aromatic rings. The molecule has 0 unspecified atom stereocenters. The van der Waals surface area contributed by atoms with Gasteiger partial charge in [-0.05, 0) is 52.3 Å². The highest BCUT2D eigenvalue weighted by atomic mass is 32.2. The van der Waals surface area contributed by atoms with Gasteiger partial charge >= 0.3 is 0 Å². The van der Waals surface area contributed by atoms with Crippen molar-refractivity contribution in [2.75, 3.05) is 31.9 Å². The summed E-state index contributed by atoms with van der Waals surface area (Å²) in [6.07, 6.45) is 6.79. The summed E-state index contributed by atoms with van der Waals surface area (Å²) in [5, 5.41) is 0. The number of anilines is 1. The highest BCUT2D eigenvalue weighted by Crippen LogP contribution is 2.44. The van der Waals surface area contributed by atoms with Crippen LogP contribution in [0.25, 0.3) is 16.7 Å². The molecule has 0 bridgehead atoms. The monoisotopic (exact) mass is 508 g/mol. The van der Waals surface area contributed by atoms with Gasteiger partial charge in [-0.1, -0.05) is 45.0 Å². The van der Waals surface area contributed by atoms with E-state index in [0.29, 0.717) is 18.7 Å². The minimum absolute atomic E-state index is 0.155. The van der Waals surface area contributed by atoms with Gasteiger partial charge in [0.15, 0.2) is 5.78 Å². The number of carbonyl (C=O) groups excluding carboxylic acids is 2. The fourth-order valence-electron chi connectivity index (χ4n) is 4.60. The van der Waals surface area contributed by atoms with Crippen molar-refractivity contribution in [1.82, 2.24) is 4.31 Å². The predicted octanol–water partition coefficient (Wildman–Crippen LogP) is 4.31. The van der Waals surface area contributed by atoms with E-state index in [9.17, 15) is 18.0 Å². The maximum Gasteiger partial charge on any atom is 0.238 e. The molecule has 0 radical (unpaired) electrons. The summed E-state index contributed by atoms with van der Waals surface area (Å²) < 4.78 is 31.0. The van der Waals surface area contributed by atoms with Crippen LogP contribution in [-0.4, -0.2) is 51.4 Å². The Kier molecular flexibility index (Phi) is 6.70. The van der Waals surface area contributed by atoms with Gasteiger partial charge in [0.25, 0.3) is 0 Å². The van der Waals surface area contributed by atoms with E-state index in [1.165, 1.54) is 27.7 Å². The molecule has 190 valence electrons. The Morgan fingerprint density at radius 2 is 1.81 bits per heavy atom. The Balaban J connectivity index is 1.81. The summed E-state index contributed by atoms with van der Waals surface area (Å²) in [7, 11) is -0.0526. The van der Waals surface area contributed by atoms with E-state index in [1.54, 1.807) is 14.2 Å². The number of allylic oxidation sites excluding steroid dienone is 2. The molecule has 1 heterocycles. The third kappa shape index (κ3) is 5.01. The summed E-state index contributed by atoms with van der Waals surface area (Å²) in [6.45, 7) is 6.59. The van der Waals surface area contributed by atoms with Gasteiger partial charge in [0, 0.05) is 36.6 Å². The lowest BCUT2D eigenvalue weighted by Crippen LogP contribution is -2.31. The number of sulfonamides is 1. The van der Waals surface area contributed by atoms with Crippen molar-refractivity contribution in [3.05, 3.63) is 65.4 Å². The minimum Gasteiger partial charge on any atom is -0.496 e. The fraction of sp³-hybridized carbons (Fsp3) is 0.357. The normalized spacial score (nSPS) is 16.0. The Hall–Kier alpha value is -3.23. The second-order valence-electron chi connectivity index (χ2n) is 10.4. The molecule has 0 N–H and O–H groups in total. The van der Waals surface area contributed by atoms with E-state index in [0.717, 1.165) is 39.1 Å². The first-order valence-corrected chi connectivity index (χ1v) is 13.6. The van der Waals surface area contributed by atoms with Crippen molar-refractivity contribution in [3.8, 4) is 16.9 Å². The summed E-state index contributed by atoms with van der Waals surface area (Å²) in [5.41, 5.74) is 6.27. The van der Waals surface area contributed by atoms with Crippen LogP contribution < -0.4 is 9.64 Å². The number of hydrogen-bond donors (Lipinski definition) is 0. The lowest BCUT2D eigenvalue weighted by molar-refractivity contribution is -0.124.